The summed E-state index contributed by atoms with van der Waals surface area (Å²) in [7, 11) is -3.68. The third-order valence-electron chi connectivity index (χ3n) is 5.81. The van der Waals surface area contributed by atoms with Crippen LogP contribution in [0.1, 0.15) is 57.4 Å². The highest BCUT2D eigenvalue weighted by atomic mass is 32.2. The molecule has 180 valence electrons. The van der Waals surface area contributed by atoms with Gasteiger partial charge in [0.15, 0.2) is 5.78 Å². The van der Waals surface area contributed by atoms with E-state index in [1.807, 2.05) is 48.7 Å². The van der Waals surface area contributed by atoms with Crippen LogP contribution in [0.2, 0.25) is 0 Å². The standard InChI is InChI=1S/C27H27N3O4S/c1-3-4-16-35(33,34)29-27(32)23-14-15-24-25(17-23)30(19(2)28-24)18-20-10-12-22(13-11-20)26(31)21-8-6-5-7-9-21/h5-15,17H,3-4,16,18H2,1-2H3,(H,29,32). The van der Waals surface area contributed by atoms with Gasteiger partial charge in [-0.25, -0.2) is 18.1 Å². The molecule has 1 aromatic heterocycles. The minimum absolute atomic E-state index is 0.0362. The monoisotopic (exact) mass is 489 g/mol. The molecule has 1 N–H and O–H groups in total. The Kier molecular flexibility index (Phi) is 7.12. The van der Waals surface area contributed by atoms with Crippen LogP contribution in [0.25, 0.3) is 11.0 Å². The molecule has 0 atom stereocenters. The molecule has 0 fully saturated rings. The fourth-order valence-electron chi connectivity index (χ4n) is 3.87. The first-order valence-electron chi connectivity index (χ1n) is 11.5. The fourth-order valence-corrected chi connectivity index (χ4v) is 5.04. The number of hydrogen-bond acceptors (Lipinski definition) is 5. The van der Waals surface area contributed by atoms with Gasteiger partial charge in [0.25, 0.3) is 5.91 Å². The van der Waals surface area contributed by atoms with Crippen LogP contribution in [0.5, 0.6) is 0 Å². The van der Waals surface area contributed by atoms with E-state index in [0.29, 0.717) is 29.6 Å². The average Bonchev–Trinajstić information content (AvgIpc) is 3.17. The Hall–Kier alpha value is -3.78. The zero-order valence-corrected chi connectivity index (χ0v) is 20.5. The second kappa shape index (κ2) is 10.2. The smallest absolute Gasteiger partial charge is 0.264 e. The van der Waals surface area contributed by atoms with Gasteiger partial charge >= 0.3 is 0 Å². The first-order valence-corrected chi connectivity index (χ1v) is 13.1. The number of aromatic nitrogens is 2. The van der Waals surface area contributed by atoms with E-state index in [-0.39, 0.29) is 17.1 Å². The van der Waals surface area contributed by atoms with Crippen molar-refractivity contribution in [1.82, 2.24) is 14.3 Å². The predicted octanol–water partition coefficient (Wildman–Crippen LogP) is 4.48. The van der Waals surface area contributed by atoms with Gasteiger partial charge in [0, 0.05) is 23.2 Å². The van der Waals surface area contributed by atoms with Crippen LogP contribution in [0, 0.1) is 6.92 Å². The summed E-state index contributed by atoms with van der Waals surface area (Å²) < 4.78 is 28.4. The van der Waals surface area contributed by atoms with Crippen molar-refractivity contribution in [2.75, 3.05) is 5.75 Å². The molecule has 7 nitrogen and oxygen atoms in total. The van der Waals surface area contributed by atoms with Crippen molar-refractivity contribution < 1.29 is 18.0 Å². The first-order chi connectivity index (χ1) is 16.8. The number of fused-ring (bicyclic) bond motifs is 1. The van der Waals surface area contributed by atoms with E-state index >= 15 is 0 Å². The lowest BCUT2D eigenvalue weighted by Gasteiger charge is -2.10. The van der Waals surface area contributed by atoms with Gasteiger partial charge in [-0.15, -0.1) is 0 Å². The van der Waals surface area contributed by atoms with Crippen molar-refractivity contribution in [2.24, 2.45) is 0 Å². The molecule has 0 unspecified atom stereocenters. The molecule has 0 aliphatic rings. The van der Waals surface area contributed by atoms with E-state index in [4.69, 9.17) is 0 Å². The summed E-state index contributed by atoms with van der Waals surface area (Å²) >= 11 is 0. The normalized spacial score (nSPS) is 11.5. The number of carbonyl (C=O) groups excluding carboxylic acids is 2. The number of rotatable bonds is 9. The minimum Gasteiger partial charge on any atom is -0.324 e. The Bertz CT molecular complexity index is 1470. The maximum absolute atomic E-state index is 12.7. The largest absolute Gasteiger partial charge is 0.324 e. The molecule has 4 rings (SSSR count). The summed E-state index contributed by atoms with van der Waals surface area (Å²) in [5, 5.41) is 0. The van der Waals surface area contributed by atoms with Crippen LogP contribution in [-0.2, 0) is 16.6 Å². The van der Waals surface area contributed by atoms with Gasteiger partial charge < -0.3 is 4.57 Å². The van der Waals surface area contributed by atoms with Gasteiger partial charge in [0.2, 0.25) is 10.0 Å². The molecule has 0 radical (unpaired) electrons. The summed E-state index contributed by atoms with van der Waals surface area (Å²) in [6, 6.07) is 21.5. The number of nitrogens with one attached hydrogen (secondary N) is 1. The Balaban J connectivity index is 1.56. The molecule has 8 heteroatoms. The molecule has 0 bridgehead atoms. The number of nitrogens with zero attached hydrogens (tertiary/aromatic N) is 2. The molecule has 35 heavy (non-hydrogen) atoms. The third kappa shape index (κ3) is 5.66. The Morgan fingerprint density at radius 3 is 2.26 bits per heavy atom. The van der Waals surface area contributed by atoms with Gasteiger partial charge in [-0.05, 0) is 37.1 Å². The highest BCUT2D eigenvalue weighted by Crippen LogP contribution is 2.20. The van der Waals surface area contributed by atoms with Crippen LogP contribution in [0.4, 0.5) is 0 Å². The van der Waals surface area contributed by atoms with Crippen molar-refractivity contribution in [2.45, 2.75) is 33.2 Å². The number of benzene rings is 3. The van der Waals surface area contributed by atoms with Gasteiger partial charge in [0.05, 0.1) is 16.8 Å². The molecule has 3 aromatic carbocycles. The molecule has 0 saturated carbocycles. The van der Waals surface area contributed by atoms with Gasteiger partial charge in [0.1, 0.15) is 5.82 Å². The van der Waals surface area contributed by atoms with Crippen LogP contribution >= 0.6 is 0 Å². The SMILES string of the molecule is CCCCS(=O)(=O)NC(=O)c1ccc2nc(C)n(Cc3ccc(C(=O)c4ccccc4)cc3)c2c1. The van der Waals surface area contributed by atoms with Gasteiger partial charge in [-0.2, -0.15) is 0 Å². The number of aryl methyl sites for hydroxylation is 1. The lowest BCUT2D eigenvalue weighted by molar-refractivity contribution is 0.0980. The van der Waals surface area contributed by atoms with Crippen molar-refractivity contribution in [3.63, 3.8) is 0 Å². The van der Waals surface area contributed by atoms with Crippen molar-refractivity contribution >= 4 is 32.7 Å². The molecule has 1 amide bonds. The zero-order valence-electron chi connectivity index (χ0n) is 19.7. The number of unbranched alkanes of at least 4 members (excludes halogenated alkanes) is 1. The molecule has 0 spiro atoms. The molecular formula is C27H27N3O4S. The molecular weight excluding hydrogens is 462 g/mol. The fraction of sp³-hybridized carbons (Fsp3) is 0.222. The number of sulfonamides is 1. The summed E-state index contributed by atoms with van der Waals surface area (Å²) in [6.07, 6.45) is 1.21. The zero-order chi connectivity index (χ0) is 25.0. The predicted molar refractivity (Wildman–Crippen MR) is 136 cm³/mol. The average molecular weight is 490 g/mol. The van der Waals surface area contributed by atoms with Crippen LogP contribution < -0.4 is 4.72 Å². The Labute approximate surface area is 204 Å². The number of amides is 1. The van der Waals surface area contributed by atoms with Crippen LogP contribution in [0.15, 0.2) is 72.8 Å². The molecule has 0 aliphatic heterocycles. The topological polar surface area (TPSA) is 98.1 Å². The molecule has 4 aromatic rings. The van der Waals surface area contributed by atoms with E-state index in [2.05, 4.69) is 9.71 Å². The van der Waals surface area contributed by atoms with Crippen LogP contribution in [-0.4, -0.2) is 35.4 Å². The number of carbonyl (C=O) groups is 2. The summed E-state index contributed by atoms with van der Waals surface area (Å²) in [5.74, 6) is -0.0159. The summed E-state index contributed by atoms with van der Waals surface area (Å²) in [6.45, 7) is 4.26. The number of ketones is 1. The molecule has 1 heterocycles. The lowest BCUT2D eigenvalue weighted by Crippen LogP contribution is -2.32. The van der Waals surface area contributed by atoms with E-state index in [9.17, 15) is 18.0 Å². The Morgan fingerprint density at radius 2 is 1.57 bits per heavy atom. The molecule has 0 aliphatic carbocycles. The number of imidazole rings is 1. The van der Waals surface area contributed by atoms with Gasteiger partial charge in [-0.3, -0.25) is 9.59 Å². The second-order valence-corrected chi connectivity index (χ2v) is 10.3. The second-order valence-electron chi connectivity index (χ2n) is 8.44. The van der Waals surface area contributed by atoms with Crippen LogP contribution in [0.3, 0.4) is 0 Å². The molecule has 0 saturated heterocycles. The number of hydrogen-bond donors (Lipinski definition) is 1. The van der Waals surface area contributed by atoms with E-state index < -0.39 is 15.9 Å². The van der Waals surface area contributed by atoms with Crippen molar-refractivity contribution in [1.29, 1.82) is 0 Å². The van der Waals surface area contributed by atoms with E-state index in [1.165, 1.54) is 0 Å². The maximum atomic E-state index is 12.7. The minimum atomic E-state index is -3.68. The van der Waals surface area contributed by atoms with Crippen molar-refractivity contribution in [3.8, 4) is 0 Å². The Morgan fingerprint density at radius 1 is 0.914 bits per heavy atom. The quantitative estimate of drug-likeness (QED) is 0.350. The summed E-state index contributed by atoms with van der Waals surface area (Å²) in [4.78, 5) is 29.8. The van der Waals surface area contributed by atoms with E-state index in [0.717, 1.165) is 23.3 Å². The lowest BCUT2D eigenvalue weighted by atomic mass is 10.0. The first kappa shape index (κ1) is 24.3. The van der Waals surface area contributed by atoms with E-state index in [1.54, 1.807) is 42.5 Å². The van der Waals surface area contributed by atoms with Crippen molar-refractivity contribution in [3.05, 3.63) is 101 Å². The van der Waals surface area contributed by atoms with Gasteiger partial charge in [-0.1, -0.05) is 67.9 Å². The third-order valence-corrected chi connectivity index (χ3v) is 7.13. The summed E-state index contributed by atoms with van der Waals surface area (Å²) in [5.41, 5.74) is 3.90. The highest BCUT2D eigenvalue weighted by Gasteiger charge is 2.18. The maximum Gasteiger partial charge on any atom is 0.264 e. The highest BCUT2D eigenvalue weighted by molar-refractivity contribution is 7.90.